The van der Waals surface area contributed by atoms with E-state index < -0.39 is 20.2 Å². The molecule has 0 saturated carbocycles. The highest BCUT2D eigenvalue weighted by Gasteiger charge is 2.25. The first-order valence-electron chi connectivity index (χ1n) is 9.26. The first-order valence-corrected chi connectivity index (χ1v) is 12.1. The van der Waals surface area contributed by atoms with Crippen molar-refractivity contribution in [3.05, 3.63) is 71.8 Å². The van der Waals surface area contributed by atoms with E-state index in [4.69, 9.17) is 8.37 Å². The molecule has 3 rings (SSSR count). The molecule has 0 aromatic heterocycles. The zero-order valence-electron chi connectivity index (χ0n) is 16.3. The maximum atomic E-state index is 12.3. The number of hydrogen-bond donors (Lipinski definition) is 0. The van der Waals surface area contributed by atoms with Gasteiger partial charge in [-0.3, -0.25) is 8.37 Å². The predicted octanol–water partition coefficient (Wildman–Crippen LogP) is 3.61. The largest absolute Gasteiger partial charge is 0.296 e. The molecular weight excluding hydrogens is 412 g/mol. The van der Waals surface area contributed by atoms with Crippen LogP contribution < -0.4 is 0 Å². The van der Waals surface area contributed by atoms with E-state index in [0.29, 0.717) is 6.42 Å². The summed E-state index contributed by atoms with van der Waals surface area (Å²) < 4.78 is 59.4. The Labute approximate surface area is 172 Å². The third-order valence-corrected chi connectivity index (χ3v) is 7.35. The second-order valence-electron chi connectivity index (χ2n) is 7.24. The lowest BCUT2D eigenvalue weighted by molar-refractivity contribution is 0.240. The molecule has 1 aliphatic rings. The molecule has 0 heterocycles. The van der Waals surface area contributed by atoms with E-state index in [1.807, 2.05) is 26.0 Å². The van der Waals surface area contributed by atoms with Gasteiger partial charge in [0.05, 0.1) is 23.0 Å². The first-order chi connectivity index (χ1) is 13.7. The van der Waals surface area contributed by atoms with Crippen molar-refractivity contribution in [3.63, 3.8) is 0 Å². The molecule has 29 heavy (non-hydrogen) atoms. The summed E-state index contributed by atoms with van der Waals surface area (Å²) in [7, 11) is -7.64. The van der Waals surface area contributed by atoms with Crippen LogP contribution in [0.3, 0.4) is 0 Å². The molecule has 0 bridgehead atoms. The van der Waals surface area contributed by atoms with Gasteiger partial charge in [0.15, 0.2) is 0 Å². The monoisotopic (exact) mass is 436 g/mol. The van der Waals surface area contributed by atoms with Gasteiger partial charge in [0.25, 0.3) is 20.2 Å². The van der Waals surface area contributed by atoms with E-state index in [0.717, 1.165) is 11.1 Å². The van der Waals surface area contributed by atoms with Gasteiger partial charge in [-0.15, -0.1) is 0 Å². The van der Waals surface area contributed by atoms with Crippen molar-refractivity contribution in [2.45, 2.75) is 30.1 Å². The Kier molecular flexibility index (Phi) is 6.58. The fraction of sp³-hybridized carbons (Fsp3) is 0.333. The van der Waals surface area contributed by atoms with Gasteiger partial charge in [0, 0.05) is 11.8 Å². The van der Waals surface area contributed by atoms with Crippen molar-refractivity contribution < 1.29 is 25.2 Å². The van der Waals surface area contributed by atoms with Crippen molar-refractivity contribution in [2.24, 2.45) is 11.8 Å². The van der Waals surface area contributed by atoms with Gasteiger partial charge in [-0.25, -0.2) is 0 Å². The van der Waals surface area contributed by atoms with E-state index in [9.17, 15) is 16.8 Å². The van der Waals surface area contributed by atoms with E-state index in [-0.39, 0.29) is 34.8 Å². The van der Waals surface area contributed by atoms with Crippen LogP contribution in [0.25, 0.3) is 0 Å². The van der Waals surface area contributed by atoms with E-state index >= 15 is 0 Å². The fourth-order valence-corrected chi connectivity index (χ4v) is 4.93. The minimum absolute atomic E-state index is 0.00786. The lowest BCUT2D eigenvalue weighted by Gasteiger charge is -2.13. The molecule has 0 N–H and O–H groups in total. The van der Waals surface area contributed by atoms with Crippen LogP contribution in [-0.4, -0.2) is 30.0 Å². The summed E-state index contributed by atoms with van der Waals surface area (Å²) >= 11 is 0. The van der Waals surface area contributed by atoms with E-state index in [2.05, 4.69) is 0 Å². The predicted molar refractivity (Wildman–Crippen MR) is 109 cm³/mol. The minimum Gasteiger partial charge on any atom is -0.266 e. The number of rotatable bonds is 8. The molecule has 6 nitrogen and oxygen atoms in total. The molecule has 2 unspecified atom stereocenters. The Morgan fingerprint density at radius 1 is 0.690 bits per heavy atom. The Morgan fingerprint density at radius 2 is 1.03 bits per heavy atom. The second kappa shape index (κ2) is 8.79. The van der Waals surface area contributed by atoms with Crippen LogP contribution in [-0.2, 0) is 28.6 Å². The lowest BCUT2D eigenvalue weighted by Crippen LogP contribution is -2.16. The zero-order valence-corrected chi connectivity index (χ0v) is 17.9. The molecule has 0 aliphatic heterocycles. The molecule has 0 radical (unpaired) electrons. The molecule has 8 heteroatoms. The number of benzene rings is 2. The van der Waals surface area contributed by atoms with Crippen molar-refractivity contribution in [3.8, 4) is 0 Å². The van der Waals surface area contributed by atoms with Gasteiger partial charge in [-0.1, -0.05) is 47.5 Å². The van der Waals surface area contributed by atoms with E-state index in [1.54, 1.807) is 24.3 Å². The average Bonchev–Trinajstić information content (AvgIpc) is 3.14. The Hall–Kier alpha value is -2.00. The third kappa shape index (κ3) is 5.76. The molecule has 0 saturated heterocycles. The Bertz CT molecular complexity index is 981. The summed E-state index contributed by atoms with van der Waals surface area (Å²) in [6.45, 7) is 3.77. The summed E-state index contributed by atoms with van der Waals surface area (Å²) in [4.78, 5) is 0.239. The standard InChI is InChI=1S/C21H24O6S2/c1-16-3-9-20(10-4-16)28(22,23)26-14-18-7-8-19(13-18)15-27-29(24,25)21-11-5-17(2)6-12-21/h3-12,18-19H,13-15H2,1-2H3. The first kappa shape index (κ1) is 21.7. The summed E-state index contributed by atoms with van der Waals surface area (Å²) in [5.74, 6) is -0.239. The Morgan fingerprint density at radius 3 is 1.38 bits per heavy atom. The van der Waals surface area contributed by atoms with Crippen LogP contribution in [0.15, 0.2) is 70.5 Å². The Balaban J connectivity index is 1.50. The van der Waals surface area contributed by atoms with Gasteiger partial charge < -0.3 is 0 Å². The van der Waals surface area contributed by atoms with Gasteiger partial charge in [0.1, 0.15) is 0 Å². The van der Waals surface area contributed by atoms with Gasteiger partial charge >= 0.3 is 0 Å². The summed E-state index contributed by atoms with van der Waals surface area (Å²) in [5, 5.41) is 0. The molecule has 0 fully saturated rings. The van der Waals surface area contributed by atoms with Crippen molar-refractivity contribution in [1.82, 2.24) is 0 Å². The average molecular weight is 437 g/mol. The molecule has 0 amide bonds. The van der Waals surface area contributed by atoms with Crippen LogP contribution in [0.5, 0.6) is 0 Å². The normalized spacial score (nSPS) is 19.5. The quantitative estimate of drug-likeness (QED) is 0.464. The van der Waals surface area contributed by atoms with Crippen LogP contribution in [0, 0.1) is 25.7 Å². The smallest absolute Gasteiger partial charge is 0.266 e. The van der Waals surface area contributed by atoms with Crippen molar-refractivity contribution in [1.29, 1.82) is 0 Å². The maximum Gasteiger partial charge on any atom is 0.296 e. The van der Waals surface area contributed by atoms with Crippen LogP contribution >= 0.6 is 0 Å². The summed E-state index contributed by atoms with van der Waals surface area (Å²) in [6.07, 6.45) is 4.25. The van der Waals surface area contributed by atoms with E-state index in [1.165, 1.54) is 24.3 Å². The lowest BCUT2D eigenvalue weighted by atomic mass is 10.1. The van der Waals surface area contributed by atoms with Crippen LogP contribution in [0.1, 0.15) is 17.5 Å². The summed E-state index contributed by atoms with van der Waals surface area (Å²) in [5.41, 5.74) is 1.93. The molecular formula is C21H24O6S2. The van der Waals surface area contributed by atoms with Gasteiger partial charge in [0.2, 0.25) is 0 Å². The minimum atomic E-state index is -3.82. The maximum absolute atomic E-state index is 12.3. The highest BCUT2D eigenvalue weighted by atomic mass is 32.2. The van der Waals surface area contributed by atoms with Crippen LogP contribution in [0.2, 0.25) is 0 Å². The molecule has 2 atom stereocenters. The highest BCUT2D eigenvalue weighted by Crippen LogP contribution is 2.27. The van der Waals surface area contributed by atoms with Gasteiger partial charge in [-0.2, -0.15) is 16.8 Å². The van der Waals surface area contributed by atoms with Crippen molar-refractivity contribution in [2.75, 3.05) is 13.2 Å². The van der Waals surface area contributed by atoms with Crippen LogP contribution in [0.4, 0.5) is 0 Å². The molecule has 156 valence electrons. The second-order valence-corrected chi connectivity index (χ2v) is 10.5. The number of aryl methyl sites for hydroxylation is 2. The molecule has 0 spiro atoms. The SMILES string of the molecule is Cc1ccc(S(=O)(=O)OCC2C=CC(COS(=O)(=O)c3ccc(C)cc3)C2)cc1. The van der Waals surface area contributed by atoms with Gasteiger partial charge in [-0.05, 0) is 44.5 Å². The zero-order chi connectivity index (χ0) is 21.1. The third-order valence-electron chi connectivity index (χ3n) is 4.75. The topological polar surface area (TPSA) is 86.7 Å². The molecule has 1 aliphatic carbocycles. The number of hydrogen-bond acceptors (Lipinski definition) is 6. The fourth-order valence-electron chi connectivity index (χ4n) is 3.01. The van der Waals surface area contributed by atoms with Crippen molar-refractivity contribution >= 4 is 20.2 Å². The molecule has 2 aromatic rings. The highest BCUT2D eigenvalue weighted by molar-refractivity contribution is 7.87. The summed E-state index contributed by atoms with van der Waals surface area (Å²) in [6, 6.07) is 12.9. The molecule has 2 aromatic carbocycles.